The van der Waals surface area contributed by atoms with Crippen LogP contribution in [-0.2, 0) is 0 Å². The quantitative estimate of drug-likeness (QED) is 0.593. The molecule has 1 amide bonds. The lowest BCUT2D eigenvalue weighted by atomic mass is 10.1. The van der Waals surface area contributed by atoms with Crippen LogP contribution in [0.5, 0.6) is 0 Å². The van der Waals surface area contributed by atoms with Gasteiger partial charge < -0.3 is 10.7 Å². The molecule has 0 atom stereocenters. The van der Waals surface area contributed by atoms with Gasteiger partial charge in [0, 0.05) is 10.0 Å². The first-order valence-electron chi connectivity index (χ1n) is 6.16. The summed E-state index contributed by atoms with van der Waals surface area (Å²) in [5.74, 6) is 5.23. The summed E-state index contributed by atoms with van der Waals surface area (Å²) in [4.78, 5) is 12.2. The molecule has 2 aromatic carbocycles. The Bertz CT molecular complexity index is 656. The third-order valence-electron chi connectivity index (χ3n) is 3.01. The van der Waals surface area contributed by atoms with Gasteiger partial charge in [0.25, 0.3) is 5.91 Å². The van der Waals surface area contributed by atoms with Gasteiger partial charge in [0.2, 0.25) is 0 Å². The Morgan fingerprint density at radius 2 is 1.85 bits per heavy atom. The molecule has 104 valence electrons. The number of aryl methyl sites for hydroxylation is 2. The highest BCUT2D eigenvalue weighted by molar-refractivity contribution is 9.10. The first-order chi connectivity index (χ1) is 9.51. The number of hydrazine groups is 1. The Hall–Kier alpha value is -1.85. The lowest BCUT2D eigenvalue weighted by Crippen LogP contribution is -2.14. The van der Waals surface area contributed by atoms with Crippen LogP contribution in [0.2, 0.25) is 0 Å². The Morgan fingerprint density at radius 1 is 1.10 bits per heavy atom. The van der Waals surface area contributed by atoms with Crippen LogP contribution in [0, 0.1) is 13.8 Å². The van der Waals surface area contributed by atoms with E-state index in [1.165, 1.54) is 0 Å². The molecule has 0 unspecified atom stereocenters. The molecule has 0 fully saturated rings. The number of anilines is 2. The van der Waals surface area contributed by atoms with Crippen molar-refractivity contribution in [2.45, 2.75) is 13.8 Å². The van der Waals surface area contributed by atoms with E-state index in [4.69, 9.17) is 5.84 Å². The first kappa shape index (κ1) is 14.6. The summed E-state index contributed by atoms with van der Waals surface area (Å²) in [5.41, 5.74) is 6.75. The number of rotatable bonds is 3. The summed E-state index contributed by atoms with van der Waals surface area (Å²) in [7, 11) is 0. The van der Waals surface area contributed by atoms with Crippen molar-refractivity contribution in [3.05, 3.63) is 57.6 Å². The van der Waals surface area contributed by atoms with Gasteiger partial charge in [-0.3, -0.25) is 10.6 Å². The second kappa shape index (κ2) is 6.07. The van der Waals surface area contributed by atoms with Gasteiger partial charge in [-0.1, -0.05) is 6.07 Å². The third kappa shape index (κ3) is 3.18. The van der Waals surface area contributed by atoms with E-state index in [0.717, 1.165) is 27.0 Å². The van der Waals surface area contributed by atoms with Crippen LogP contribution in [0.4, 0.5) is 11.4 Å². The minimum atomic E-state index is -0.150. The number of nitrogen functional groups attached to an aromatic ring is 1. The number of nitrogens with one attached hydrogen (secondary N) is 2. The lowest BCUT2D eigenvalue weighted by Gasteiger charge is -2.10. The van der Waals surface area contributed by atoms with E-state index in [2.05, 4.69) is 26.7 Å². The molecule has 0 bridgehead atoms. The Morgan fingerprint density at radius 3 is 2.50 bits per heavy atom. The SMILES string of the molecule is Cc1ccc(Br)c(NC(=O)c2ccc(NN)c(C)c2)c1. The Kier molecular flexibility index (Phi) is 4.42. The average molecular weight is 334 g/mol. The molecule has 20 heavy (non-hydrogen) atoms. The molecule has 0 aliphatic carbocycles. The monoisotopic (exact) mass is 333 g/mol. The summed E-state index contributed by atoms with van der Waals surface area (Å²) in [6.45, 7) is 3.88. The topological polar surface area (TPSA) is 67.2 Å². The van der Waals surface area contributed by atoms with E-state index < -0.39 is 0 Å². The second-order valence-electron chi connectivity index (χ2n) is 4.61. The van der Waals surface area contributed by atoms with Crippen LogP contribution in [0.1, 0.15) is 21.5 Å². The number of carbonyl (C=O) groups is 1. The van der Waals surface area contributed by atoms with Crippen LogP contribution >= 0.6 is 15.9 Å². The molecular weight excluding hydrogens is 318 g/mol. The first-order valence-corrected chi connectivity index (χ1v) is 6.95. The third-order valence-corrected chi connectivity index (χ3v) is 3.71. The van der Waals surface area contributed by atoms with Crippen LogP contribution in [0.15, 0.2) is 40.9 Å². The average Bonchev–Trinajstić information content (AvgIpc) is 2.42. The van der Waals surface area contributed by atoms with E-state index in [0.29, 0.717) is 5.56 Å². The number of hydrogen-bond donors (Lipinski definition) is 3. The summed E-state index contributed by atoms with van der Waals surface area (Å²) >= 11 is 3.43. The number of amides is 1. The highest BCUT2D eigenvalue weighted by atomic mass is 79.9. The highest BCUT2D eigenvalue weighted by Gasteiger charge is 2.10. The fraction of sp³-hybridized carbons (Fsp3) is 0.133. The van der Waals surface area contributed by atoms with E-state index >= 15 is 0 Å². The lowest BCUT2D eigenvalue weighted by molar-refractivity contribution is 0.102. The van der Waals surface area contributed by atoms with Crippen molar-refractivity contribution < 1.29 is 4.79 Å². The largest absolute Gasteiger partial charge is 0.324 e. The second-order valence-corrected chi connectivity index (χ2v) is 5.47. The van der Waals surface area contributed by atoms with Gasteiger partial charge in [-0.05, 0) is 71.2 Å². The molecule has 5 heteroatoms. The van der Waals surface area contributed by atoms with E-state index in [9.17, 15) is 4.79 Å². The van der Waals surface area contributed by atoms with Crippen molar-refractivity contribution in [2.24, 2.45) is 5.84 Å². The van der Waals surface area contributed by atoms with E-state index in [-0.39, 0.29) is 5.91 Å². The predicted molar refractivity (Wildman–Crippen MR) is 85.8 cm³/mol. The molecule has 0 aliphatic rings. The zero-order valence-corrected chi connectivity index (χ0v) is 12.9. The fourth-order valence-electron chi connectivity index (χ4n) is 1.90. The molecule has 0 saturated carbocycles. The summed E-state index contributed by atoms with van der Waals surface area (Å²) in [6, 6.07) is 11.1. The molecule has 2 rings (SSSR count). The molecule has 2 aromatic rings. The fourth-order valence-corrected chi connectivity index (χ4v) is 2.24. The van der Waals surface area contributed by atoms with Crippen molar-refractivity contribution in [3.63, 3.8) is 0 Å². The maximum atomic E-state index is 12.2. The minimum Gasteiger partial charge on any atom is -0.324 e. The van der Waals surface area contributed by atoms with Gasteiger partial charge in [0.1, 0.15) is 0 Å². The molecule has 0 spiro atoms. The van der Waals surface area contributed by atoms with Crippen molar-refractivity contribution >= 4 is 33.2 Å². The van der Waals surface area contributed by atoms with Crippen molar-refractivity contribution in [3.8, 4) is 0 Å². The maximum Gasteiger partial charge on any atom is 0.255 e. The maximum absolute atomic E-state index is 12.2. The van der Waals surface area contributed by atoms with Crippen LogP contribution < -0.4 is 16.6 Å². The molecule has 0 heterocycles. The van der Waals surface area contributed by atoms with Crippen LogP contribution in [0.25, 0.3) is 0 Å². The van der Waals surface area contributed by atoms with Crippen LogP contribution in [0.3, 0.4) is 0 Å². The molecule has 0 radical (unpaired) electrons. The number of nitrogens with two attached hydrogens (primary N) is 1. The molecule has 4 nitrogen and oxygen atoms in total. The zero-order chi connectivity index (χ0) is 14.7. The minimum absolute atomic E-state index is 0.150. The predicted octanol–water partition coefficient (Wildman–Crippen LogP) is 3.60. The summed E-state index contributed by atoms with van der Waals surface area (Å²) in [5, 5.41) is 2.89. The number of hydrogen-bond acceptors (Lipinski definition) is 3. The van der Waals surface area contributed by atoms with Crippen molar-refractivity contribution in [2.75, 3.05) is 10.7 Å². The molecular formula is C15H16BrN3O. The number of halogens is 1. The van der Waals surface area contributed by atoms with Crippen LogP contribution in [-0.4, -0.2) is 5.91 Å². The summed E-state index contributed by atoms with van der Waals surface area (Å²) < 4.78 is 0.855. The summed E-state index contributed by atoms with van der Waals surface area (Å²) in [6.07, 6.45) is 0. The number of carbonyl (C=O) groups excluding carboxylic acids is 1. The van der Waals surface area contributed by atoms with Gasteiger partial charge in [-0.2, -0.15) is 0 Å². The molecule has 0 saturated heterocycles. The van der Waals surface area contributed by atoms with Gasteiger partial charge in [0.15, 0.2) is 0 Å². The van der Waals surface area contributed by atoms with Gasteiger partial charge in [-0.25, -0.2) is 0 Å². The standard InChI is InChI=1S/C15H16BrN3O/c1-9-3-5-12(16)14(7-9)18-15(20)11-4-6-13(19-17)10(2)8-11/h3-8,19H,17H2,1-2H3,(H,18,20). The van der Waals surface area contributed by atoms with Gasteiger partial charge in [0.05, 0.1) is 11.4 Å². The van der Waals surface area contributed by atoms with E-state index in [1.54, 1.807) is 18.2 Å². The highest BCUT2D eigenvalue weighted by Crippen LogP contribution is 2.24. The van der Waals surface area contributed by atoms with E-state index in [1.807, 2.05) is 32.0 Å². The molecule has 4 N–H and O–H groups in total. The smallest absolute Gasteiger partial charge is 0.255 e. The van der Waals surface area contributed by atoms with Crippen molar-refractivity contribution in [1.29, 1.82) is 0 Å². The van der Waals surface area contributed by atoms with Gasteiger partial charge in [-0.15, -0.1) is 0 Å². The van der Waals surface area contributed by atoms with Crippen molar-refractivity contribution in [1.82, 2.24) is 0 Å². The Balaban J connectivity index is 2.24. The zero-order valence-electron chi connectivity index (χ0n) is 11.3. The molecule has 0 aliphatic heterocycles. The Labute approximate surface area is 126 Å². The molecule has 0 aromatic heterocycles. The number of benzene rings is 2. The van der Waals surface area contributed by atoms with Gasteiger partial charge >= 0.3 is 0 Å². The normalized spacial score (nSPS) is 10.2.